The third-order valence-corrected chi connectivity index (χ3v) is 9.06. The van der Waals surface area contributed by atoms with E-state index in [9.17, 15) is 21.6 Å². The maximum Gasteiger partial charge on any atom is 0.243 e. The summed E-state index contributed by atoms with van der Waals surface area (Å²) in [5.41, 5.74) is 1.51. The number of nitrogens with zero attached hydrogens (tertiary/aromatic N) is 3. The zero-order valence-corrected chi connectivity index (χ0v) is 20.4. The number of ether oxygens (including phenoxy) is 2. The Kier molecular flexibility index (Phi) is 7.09. The Morgan fingerprint density at radius 3 is 2.49 bits per heavy atom. The number of fused-ring (bicyclic) bond motifs is 1. The van der Waals surface area contributed by atoms with E-state index in [0.717, 1.165) is 30.5 Å². The highest BCUT2D eigenvalue weighted by Crippen LogP contribution is 2.31. The van der Waals surface area contributed by atoms with Crippen molar-refractivity contribution in [3.63, 3.8) is 0 Å². The molecule has 5 rings (SSSR count). The second kappa shape index (κ2) is 10.1. The molecule has 7 nitrogen and oxygen atoms in total. The number of benzene rings is 2. The van der Waals surface area contributed by atoms with E-state index in [1.165, 1.54) is 16.1 Å². The molecule has 0 aliphatic carbocycles. The van der Waals surface area contributed by atoms with E-state index in [1.54, 1.807) is 18.2 Å². The number of imidazole rings is 1. The van der Waals surface area contributed by atoms with Gasteiger partial charge in [-0.05, 0) is 48.7 Å². The van der Waals surface area contributed by atoms with Crippen molar-refractivity contribution in [1.29, 1.82) is 0 Å². The zero-order valence-electron chi connectivity index (χ0n) is 18.8. The molecule has 188 valence electrons. The van der Waals surface area contributed by atoms with Gasteiger partial charge in [-0.3, -0.25) is 0 Å². The first-order chi connectivity index (χ1) is 16.8. The van der Waals surface area contributed by atoms with Crippen molar-refractivity contribution in [2.24, 2.45) is 0 Å². The minimum atomic E-state index is -3.69. The molecule has 2 fully saturated rings. The molecule has 1 aromatic heterocycles. The molecule has 0 amide bonds. The third-order valence-electron chi connectivity index (χ3n) is 6.11. The van der Waals surface area contributed by atoms with E-state index < -0.39 is 27.5 Å². The first kappa shape index (κ1) is 24.6. The highest BCUT2D eigenvalue weighted by Gasteiger charge is 2.28. The number of thioether (sulfide) groups is 1. The Labute approximate surface area is 205 Å². The van der Waals surface area contributed by atoms with E-state index in [2.05, 4.69) is 4.98 Å². The summed E-state index contributed by atoms with van der Waals surface area (Å²) in [6.45, 7) is 2.47. The number of halogens is 3. The molecule has 0 spiro atoms. The molecule has 0 unspecified atom stereocenters. The van der Waals surface area contributed by atoms with E-state index in [-0.39, 0.29) is 22.3 Å². The minimum absolute atomic E-state index is 0.00998. The number of hydrogen-bond acceptors (Lipinski definition) is 6. The van der Waals surface area contributed by atoms with Crippen LogP contribution < -0.4 is 0 Å². The van der Waals surface area contributed by atoms with Gasteiger partial charge in [0.25, 0.3) is 0 Å². The summed E-state index contributed by atoms with van der Waals surface area (Å²) in [5, 5.41) is 0.557. The third kappa shape index (κ3) is 5.08. The molecule has 1 atom stereocenters. The van der Waals surface area contributed by atoms with Gasteiger partial charge in [0.1, 0.15) is 0 Å². The topological polar surface area (TPSA) is 73.7 Å². The lowest BCUT2D eigenvalue weighted by Crippen LogP contribution is -2.40. The summed E-state index contributed by atoms with van der Waals surface area (Å²) in [5.74, 6) is -3.83. The molecule has 0 radical (unpaired) electrons. The van der Waals surface area contributed by atoms with Gasteiger partial charge in [0.15, 0.2) is 22.6 Å². The number of hydrogen-bond donors (Lipinski definition) is 0. The van der Waals surface area contributed by atoms with Gasteiger partial charge in [0, 0.05) is 25.4 Å². The fourth-order valence-electron chi connectivity index (χ4n) is 4.30. The summed E-state index contributed by atoms with van der Waals surface area (Å²) in [6, 6.07) is 6.77. The fourth-order valence-corrected chi connectivity index (χ4v) is 6.68. The normalized spacial score (nSPS) is 19.6. The van der Waals surface area contributed by atoms with Crippen LogP contribution in [0.4, 0.5) is 13.2 Å². The SMILES string of the molecule is O=S(=O)(c1ccc2c(c1)nc(SCc1cc(F)c(F)c(F)c1)n2C[C@@H]1CCCO1)N1CCOCC1. The highest BCUT2D eigenvalue weighted by atomic mass is 32.2. The molecule has 3 aromatic rings. The molecule has 3 heterocycles. The Morgan fingerprint density at radius 2 is 1.80 bits per heavy atom. The predicted molar refractivity (Wildman–Crippen MR) is 124 cm³/mol. The Bertz CT molecular complexity index is 1310. The number of rotatable bonds is 7. The van der Waals surface area contributed by atoms with Crippen LogP contribution in [0.3, 0.4) is 0 Å². The maximum atomic E-state index is 13.7. The van der Waals surface area contributed by atoms with E-state index in [0.29, 0.717) is 50.1 Å². The van der Waals surface area contributed by atoms with E-state index >= 15 is 0 Å². The van der Waals surface area contributed by atoms with Crippen molar-refractivity contribution in [1.82, 2.24) is 13.9 Å². The van der Waals surface area contributed by atoms with Gasteiger partial charge in [-0.15, -0.1) is 0 Å². The minimum Gasteiger partial charge on any atom is -0.379 e. The largest absolute Gasteiger partial charge is 0.379 e. The number of aromatic nitrogens is 2. The Balaban J connectivity index is 1.47. The number of morpholine rings is 1. The Morgan fingerprint density at radius 1 is 1.06 bits per heavy atom. The van der Waals surface area contributed by atoms with Gasteiger partial charge < -0.3 is 14.0 Å². The highest BCUT2D eigenvalue weighted by molar-refractivity contribution is 7.98. The molecular weight excluding hydrogens is 503 g/mol. The lowest BCUT2D eigenvalue weighted by atomic mass is 10.2. The maximum absolute atomic E-state index is 13.7. The van der Waals surface area contributed by atoms with Crippen molar-refractivity contribution in [2.75, 3.05) is 32.9 Å². The summed E-state index contributed by atoms with van der Waals surface area (Å²) in [4.78, 5) is 4.80. The first-order valence-corrected chi connectivity index (χ1v) is 13.7. The standard InChI is InChI=1S/C23H24F3N3O4S2/c24-18-10-15(11-19(25)22(18)26)14-34-23-27-20-12-17(35(30,31)28-5-8-32-9-6-28)3-4-21(20)29(23)13-16-2-1-7-33-16/h3-4,10-12,16H,1-2,5-9,13-14H2/t16-/m0/s1. The quantitative estimate of drug-likeness (QED) is 0.342. The van der Waals surface area contributed by atoms with Gasteiger partial charge in [-0.2, -0.15) is 4.31 Å². The van der Waals surface area contributed by atoms with Gasteiger partial charge in [-0.1, -0.05) is 11.8 Å². The van der Waals surface area contributed by atoms with E-state index in [4.69, 9.17) is 9.47 Å². The average molecular weight is 528 g/mol. The first-order valence-electron chi connectivity index (χ1n) is 11.3. The second-order valence-corrected chi connectivity index (χ2v) is 11.3. The summed E-state index contributed by atoms with van der Waals surface area (Å²) in [7, 11) is -3.69. The van der Waals surface area contributed by atoms with Crippen molar-refractivity contribution in [2.45, 2.75) is 41.3 Å². The van der Waals surface area contributed by atoms with Crippen LogP contribution in [0.2, 0.25) is 0 Å². The molecule has 35 heavy (non-hydrogen) atoms. The Hall–Kier alpha value is -2.12. The summed E-state index contributed by atoms with van der Waals surface area (Å²) < 4.78 is 81.3. The average Bonchev–Trinajstić information content (AvgIpc) is 3.49. The van der Waals surface area contributed by atoms with Crippen LogP contribution in [0.5, 0.6) is 0 Å². The predicted octanol–water partition coefficient (Wildman–Crippen LogP) is 3.95. The van der Waals surface area contributed by atoms with E-state index in [1.807, 2.05) is 4.57 Å². The van der Waals surface area contributed by atoms with Crippen molar-refractivity contribution in [3.05, 3.63) is 53.3 Å². The molecular formula is C23H24F3N3O4S2. The summed E-state index contributed by atoms with van der Waals surface area (Å²) >= 11 is 1.24. The van der Waals surface area contributed by atoms with Crippen LogP contribution >= 0.6 is 11.8 Å². The molecule has 2 aromatic carbocycles. The van der Waals surface area contributed by atoms with Crippen LogP contribution in [-0.2, 0) is 31.8 Å². The lowest BCUT2D eigenvalue weighted by molar-refractivity contribution is 0.0730. The molecule has 0 bridgehead atoms. The summed E-state index contributed by atoms with van der Waals surface area (Å²) in [6.07, 6.45) is 1.83. The smallest absolute Gasteiger partial charge is 0.243 e. The monoisotopic (exact) mass is 527 g/mol. The van der Waals surface area contributed by atoms with Crippen LogP contribution in [0.25, 0.3) is 11.0 Å². The second-order valence-electron chi connectivity index (χ2n) is 8.47. The van der Waals surface area contributed by atoms with Gasteiger partial charge in [0.2, 0.25) is 10.0 Å². The molecule has 2 aliphatic rings. The lowest BCUT2D eigenvalue weighted by Gasteiger charge is -2.26. The van der Waals surface area contributed by atoms with Crippen molar-refractivity contribution >= 4 is 32.8 Å². The van der Waals surface area contributed by atoms with Gasteiger partial charge in [0.05, 0.1) is 41.8 Å². The fraction of sp³-hybridized carbons (Fsp3) is 0.435. The van der Waals surface area contributed by atoms with Crippen LogP contribution in [-0.4, -0.2) is 61.3 Å². The molecule has 2 aliphatic heterocycles. The molecule has 2 saturated heterocycles. The van der Waals surface area contributed by atoms with Crippen molar-refractivity contribution in [3.8, 4) is 0 Å². The van der Waals surface area contributed by atoms with Crippen LogP contribution in [0, 0.1) is 17.5 Å². The van der Waals surface area contributed by atoms with Crippen molar-refractivity contribution < 1.29 is 31.1 Å². The molecule has 12 heteroatoms. The van der Waals surface area contributed by atoms with Gasteiger partial charge >= 0.3 is 0 Å². The molecule has 0 saturated carbocycles. The molecule has 0 N–H and O–H groups in total. The van der Waals surface area contributed by atoms with Crippen LogP contribution in [0.15, 0.2) is 40.4 Å². The zero-order chi connectivity index (χ0) is 24.6. The van der Waals surface area contributed by atoms with Gasteiger partial charge in [-0.25, -0.2) is 26.6 Å². The van der Waals surface area contributed by atoms with Crippen LogP contribution in [0.1, 0.15) is 18.4 Å². The number of sulfonamides is 1.